The highest BCUT2D eigenvalue weighted by Gasteiger charge is 2.39. The zero-order valence-corrected chi connectivity index (χ0v) is 16.1. The summed E-state index contributed by atoms with van der Waals surface area (Å²) >= 11 is 0. The van der Waals surface area contributed by atoms with E-state index in [0.717, 1.165) is 5.56 Å². The summed E-state index contributed by atoms with van der Waals surface area (Å²) in [6, 6.07) is 11.7. The van der Waals surface area contributed by atoms with Crippen molar-refractivity contribution in [1.82, 2.24) is 4.98 Å². The minimum Gasteiger partial charge on any atom is -0.497 e. The molecule has 148 valence electrons. The number of amides is 1. The van der Waals surface area contributed by atoms with Gasteiger partial charge in [-0.25, -0.2) is 9.18 Å². The van der Waals surface area contributed by atoms with Gasteiger partial charge in [-0.05, 0) is 30.7 Å². The van der Waals surface area contributed by atoms with Crippen molar-refractivity contribution in [2.24, 2.45) is 0 Å². The second kappa shape index (κ2) is 7.09. The van der Waals surface area contributed by atoms with Gasteiger partial charge in [-0.3, -0.25) is 4.79 Å². The molecule has 0 aliphatic carbocycles. The summed E-state index contributed by atoms with van der Waals surface area (Å²) in [4.78, 5) is 28.5. The molecular weight excluding hydrogens is 375 g/mol. The van der Waals surface area contributed by atoms with Crippen molar-refractivity contribution in [3.05, 3.63) is 70.7 Å². The number of benzene rings is 2. The van der Waals surface area contributed by atoms with Crippen LogP contribution in [0.2, 0.25) is 0 Å². The van der Waals surface area contributed by atoms with Crippen LogP contribution in [-0.2, 0) is 9.53 Å². The summed E-state index contributed by atoms with van der Waals surface area (Å²) in [7, 11) is 2.72. The third-order valence-corrected chi connectivity index (χ3v) is 5.14. The lowest BCUT2D eigenvalue weighted by molar-refractivity contribution is -0.116. The van der Waals surface area contributed by atoms with Crippen LogP contribution in [0.15, 0.2) is 42.5 Å². The number of aryl methyl sites for hydroxylation is 1. The minimum atomic E-state index is -0.776. The maximum absolute atomic E-state index is 14.9. The number of ether oxygens (including phenoxy) is 2. The van der Waals surface area contributed by atoms with Crippen LogP contribution in [-0.4, -0.2) is 31.1 Å². The number of esters is 1. The molecule has 1 amide bonds. The van der Waals surface area contributed by atoms with E-state index in [2.05, 4.69) is 10.3 Å². The number of nitrogens with one attached hydrogen (secondary N) is 2. The first kappa shape index (κ1) is 18.7. The number of hydrogen-bond donors (Lipinski definition) is 2. The SMILES string of the molecule is COC(=O)c1c(C)[nH]c(-c2ccc(OC)cc2F)c1C1C(=O)Nc2ccccc21. The van der Waals surface area contributed by atoms with Gasteiger partial charge in [-0.1, -0.05) is 18.2 Å². The van der Waals surface area contributed by atoms with Gasteiger partial charge in [0.2, 0.25) is 5.91 Å². The van der Waals surface area contributed by atoms with Gasteiger partial charge >= 0.3 is 5.97 Å². The number of anilines is 1. The van der Waals surface area contributed by atoms with E-state index in [-0.39, 0.29) is 17.0 Å². The molecule has 2 N–H and O–H groups in total. The van der Waals surface area contributed by atoms with E-state index in [0.29, 0.717) is 28.4 Å². The highest BCUT2D eigenvalue weighted by molar-refractivity contribution is 6.08. The molecule has 4 rings (SSSR count). The number of H-pyrrole nitrogens is 1. The third kappa shape index (κ3) is 2.95. The van der Waals surface area contributed by atoms with Crippen LogP contribution < -0.4 is 10.1 Å². The number of hydrogen-bond acceptors (Lipinski definition) is 4. The molecule has 1 aromatic heterocycles. The van der Waals surface area contributed by atoms with Crippen molar-refractivity contribution in [1.29, 1.82) is 0 Å². The number of methoxy groups -OCH3 is 2. The van der Waals surface area contributed by atoms with E-state index in [1.165, 1.54) is 20.3 Å². The van der Waals surface area contributed by atoms with Crippen molar-refractivity contribution < 1.29 is 23.5 Å². The van der Waals surface area contributed by atoms with Gasteiger partial charge in [0, 0.05) is 28.6 Å². The van der Waals surface area contributed by atoms with Crippen LogP contribution in [0, 0.1) is 12.7 Å². The summed E-state index contributed by atoms with van der Waals surface area (Å²) < 4.78 is 24.9. The Bertz CT molecular complexity index is 1140. The van der Waals surface area contributed by atoms with E-state index in [1.807, 2.05) is 18.2 Å². The number of carbonyl (C=O) groups is 2. The molecule has 0 saturated carbocycles. The van der Waals surface area contributed by atoms with Crippen LogP contribution in [0.25, 0.3) is 11.3 Å². The van der Waals surface area contributed by atoms with E-state index in [4.69, 9.17) is 9.47 Å². The van der Waals surface area contributed by atoms with E-state index < -0.39 is 17.7 Å². The summed E-state index contributed by atoms with van der Waals surface area (Å²) in [5.74, 6) is -1.82. The lowest BCUT2D eigenvalue weighted by Crippen LogP contribution is -2.17. The second-order valence-electron chi connectivity index (χ2n) is 6.76. The monoisotopic (exact) mass is 394 g/mol. The molecule has 1 atom stereocenters. The van der Waals surface area contributed by atoms with Crippen molar-refractivity contribution in [2.45, 2.75) is 12.8 Å². The first-order valence-electron chi connectivity index (χ1n) is 9.00. The minimum absolute atomic E-state index is 0.231. The lowest BCUT2D eigenvalue weighted by atomic mass is 9.87. The molecule has 3 aromatic rings. The van der Waals surface area contributed by atoms with Gasteiger partial charge in [-0.2, -0.15) is 0 Å². The molecule has 1 unspecified atom stereocenters. The van der Waals surface area contributed by atoms with Gasteiger partial charge in [0.1, 0.15) is 11.6 Å². The molecule has 6 nitrogen and oxygen atoms in total. The number of para-hydroxylation sites is 1. The average Bonchev–Trinajstić information content (AvgIpc) is 3.22. The highest BCUT2D eigenvalue weighted by Crippen LogP contribution is 2.44. The van der Waals surface area contributed by atoms with Crippen LogP contribution >= 0.6 is 0 Å². The molecule has 0 radical (unpaired) electrons. The smallest absolute Gasteiger partial charge is 0.340 e. The predicted molar refractivity (Wildman–Crippen MR) is 106 cm³/mol. The van der Waals surface area contributed by atoms with Crippen LogP contribution in [0.1, 0.15) is 33.1 Å². The van der Waals surface area contributed by atoms with Gasteiger partial charge < -0.3 is 19.8 Å². The largest absolute Gasteiger partial charge is 0.497 e. The molecule has 1 aliphatic heterocycles. The molecule has 2 aromatic carbocycles. The fraction of sp³-hybridized carbons (Fsp3) is 0.182. The van der Waals surface area contributed by atoms with Gasteiger partial charge in [0.15, 0.2) is 0 Å². The molecular formula is C22H19FN2O4. The Hall–Kier alpha value is -3.61. The Kier molecular flexibility index (Phi) is 4.58. The Morgan fingerprint density at radius 2 is 1.90 bits per heavy atom. The summed E-state index contributed by atoms with van der Waals surface area (Å²) in [5.41, 5.74) is 3.09. The molecule has 0 bridgehead atoms. The van der Waals surface area contributed by atoms with Crippen molar-refractivity contribution >= 4 is 17.6 Å². The van der Waals surface area contributed by atoms with Gasteiger partial charge in [0.05, 0.1) is 31.4 Å². The number of rotatable bonds is 4. The molecule has 0 fully saturated rings. The van der Waals surface area contributed by atoms with Crippen molar-refractivity contribution in [3.63, 3.8) is 0 Å². The maximum Gasteiger partial charge on any atom is 0.340 e. The molecule has 7 heteroatoms. The van der Waals surface area contributed by atoms with Crippen molar-refractivity contribution in [2.75, 3.05) is 19.5 Å². The first-order valence-corrected chi connectivity index (χ1v) is 9.00. The van der Waals surface area contributed by atoms with Gasteiger partial charge in [0.25, 0.3) is 0 Å². The molecule has 2 heterocycles. The molecule has 1 aliphatic rings. The number of fused-ring (bicyclic) bond motifs is 1. The van der Waals surface area contributed by atoms with Crippen molar-refractivity contribution in [3.8, 4) is 17.0 Å². The third-order valence-electron chi connectivity index (χ3n) is 5.14. The lowest BCUT2D eigenvalue weighted by Gasteiger charge is -2.14. The number of aromatic amines is 1. The quantitative estimate of drug-likeness (QED) is 0.656. The zero-order chi connectivity index (χ0) is 20.7. The molecule has 0 spiro atoms. The van der Waals surface area contributed by atoms with E-state index >= 15 is 0 Å². The maximum atomic E-state index is 14.9. The Morgan fingerprint density at radius 1 is 1.14 bits per heavy atom. The molecule has 0 saturated heterocycles. The number of aromatic nitrogens is 1. The van der Waals surface area contributed by atoms with Crippen LogP contribution in [0.3, 0.4) is 0 Å². The number of carbonyl (C=O) groups excluding carboxylic acids is 2. The standard InChI is InChI=1S/C22H19FN2O4/c1-11-17(22(27)29-3)19(18-14-6-4-5-7-16(14)25-21(18)26)20(24-11)13-9-8-12(28-2)10-15(13)23/h4-10,18,24H,1-3H3,(H,25,26). The van der Waals surface area contributed by atoms with Crippen LogP contribution in [0.5, 0.6) is 5.75 Å². The van der Waals surface area contributed by atoms with Gasteiger partial charge in [-0.15, -0.1) is 0 Å². The Morgan fingerprint density at radius 3 is 2.59 bits per heavy atom. The van der Waals surface area contributed by atoms with E-state index in [1.54, 1.807) is 25.1 Å². The zero-order valence-electron chi connectivity index (χ0n) is 16.1. The van der Waals surface area contributed by atoms with E-state index in [9.17, 15) is 14.0 Å². The summed E-state index contributed by atoms with van der Waals surface area (Å²) in [6.07, 6.45) is 0. The summed E-state index contributed by atoms with van der Waals surface area (Å²) in [5, 5.41) is 2.83. The normalized spacial score (nSPS) is 15.0. The topological polar surface area (TPSA) is 80.4 Å². The van der Waals surface area contributed by atoms with Crippen LogP contribution in [0.4, 0.5) is 10.1 Å². The Labute approximate surface area is 166 Å². The average molecular weight is 394 g/mol. The fourth-order valence-electron chi connectivity index (χ4n) is 3.83. The summed E-state index contributed by atoms with van der Waals surface area (Å²) in [6.45, 7) is 1.69. The number of halogens is 1. The first-order chi connectivity index (χ1) is 14.0. The molecule has 29 heavy (non-hydrogen) atoms. The predicted octanol–water partition coefficient (Wildman–Crippen LogP) is 4.01. The second-order valence-corrected chi connectivity index (χ2v) is 6.76. The Balaban J connectivity index is 2.00. The fourth-order valence-corrected chi connectivity index (χ4v) is 3.83. The highest BCUT2D eigenvalue weighted by atomic mass is 19.1.